The van der Waals surface area contributed by atoms with E-state index in [1.807, 2.05) is 25.4 Å². The van der Waals surface area contributed by atoms with E-state index in [1.54, 1.807) is 18.9 Å². The maximum Gasteiger partial charge on any atom is 0.187 e. The van der Waals surface area contributed by atoms with Crippen LogP contribution in [0.1, 0.15) is 29.2 Å². The molecule has 1 heterocycles. The lowest BCUT2D eigenvalue weighted by Gasteiger charge is -2.30. The number of ether oxygens (including phenoxy) is 1. The zero-order valence-corrected chi connectivity index (χ0v) is 13.1. The number of hydrogen-bond donors (Lipinski definition) is 1. The molecule has 0 saturated carbocycles. The van der Waals surface area contributed by atoms with E-state index in [9.17, 15) is 0 Å². The Bertz CT molecular complexity index is 630. The maximum atomic E-state index is 6.44. The predicted molar refractivity (Wildman–Crippen MR) is 84.7 cm³/mol. The molecule has 1 aliphatic carbocycles. The summed E-state index contributed by atoms with van der Waals surface area (Å²) < 4.78 is 5.28. The molecule has 5 heteroatoms. The third kappa shape index (κ3) is 3.04. The molecule has 0 saturated heterocycles. The van der Waals surface area contributed by atoms with E-state index in [2.05, 4.69) is 22.1 Å². The molecule has 21 heavy (non-hydrogen) atoms. The molecular weight excluding hydrogens is 282 g/mol. The number of hydrogen-bond acceptors (Lipinski definition) is 5. The lowest BCUT2D eigenvalue weighted by atomic mass is 9.87. The van der Waals surface area contributed by atoms with Gasteiger partial charge in [0.15, 0.2) is 5.16 Å². The van der Waals surface area contributed by atoms with Crippen molar-refractivity contribution in [2.75, 3.05) is 7.11 Å². The summed E-state index contributed by atoms with van der Waals surface area (Å²) in [5, 5.41) is 1.12. The minimum Gasteiger partial charge on any atom is -0.497 e. The Kier molecular flexibility index (Phi) is 4.12. The van der Waals surface area contributed by atoms with Crippen molar-refractivity contribution < 1.29 is 4.74 Å². The van der Waals surface area contributed by atoms with Crippen molar-refractivity contribution >= 4 is 11.8 Å². The van der Waals surface area contributed by atoms with Gasteiger partial charge in [0.2, 0.25) is 0 Å². The van der Waals surface area contributed by atoms with Crippen molar-refractivity contribution in [3.63, 3.8) is 0 Å². The Morgan fingerprint density at radius 2 is 2.05 bits per heavy atom. The second kappa shape index (κ2) is 6.03. The standard InChI is InChI=1S/C16H19N3OS/c1-10-8-18-16(19-9-10)21-14-6-3-11-7-12(20-2)4-5-13(11)15(14)17/h4-5,7-9,14-15H,3,6,17H2,1-2H3. The Labute approximate surface area is 129 Å². The maximum absolute atomic E-state index is 6.44. The van der Waals surface area contributed by atoms with Crippen molar-refractivity contribution in [3.8, 4) is 5.75 Å². The van der Waals surface area contributed by atoms with Crippen LogP contribution in [0.2, 0.25) is 0 Å². The van der Waals surface area contributed by atoms with Gasteiger partial charge >= 0.3 is 0 Å². The third-order valence-electron chi connectivity index (χ3n) is 3.82. The molecule has 2 atom stereocenters. The fourth-order valence-corrected chi connectivity index (χ4v) is 3.66. The molecule has 2 unspecified atom stereocenters. The van der Waals surface area contributed by atoms with Gasteiger partial charge in [-0.1, -0.05) is 17.8 Å². The van der Waals surface area contributed by atoms with Crippen LogP contribution in [0.4, 0.5) is 0 Å². The summed E-state index contributed by atoms with van der Waals surface area (Å²) in [6.45, 7) is 1.99. The van der Waals surface area contributed by atoms with Crippen LogP contribution in [-0.4, -0.2) is 22.3 Å². The molecule has 1 aromatic heterocycles. The van der Waals surface area contributed by atoms with Crippen LogP contribution in [0.3, 0.4) is 0 Å². The first-order chi connectivity index (χ1) is 10.2. The van der Waals surface area contributed by atoms with Crippen LogP contribution in [0, 0.1) is 6.92 Å². The van der Waals surface area contributed by atoms with Crippen LogP contribution in [-0.2, 0) is 6.42 Å². The number of methoxy groups -OCH3 is 1. The van der Waals surface area contributed by atoms with E-state index in [1.165, 1.54) is 11.1 Å². The number of aryl methyl sites for hydroxylation is 2. The number of fused-ring (bicyclic) bond motifs is 1. The van der Waals surface area contributed by atoms with Crippen LogP contribution >= 0.6 is 11.8 Å². The van der Waals surface area contributed by atoms with Crippen molar-refractivity contribution in [2.24, 2.45) is 5.73 Å². The summed E-state index contributed by atoms with van der Waals surface area (Å²) in [7, 11) is 1.69. The number of nitrogens with two attached hydrogens (primary N) is 1. The summed E-state index contributed by atoms with van der Waals surface area (Å²) in [6.07, 6.45) is 5.75. The molecule has 110 valence electrons. The van der Waals surface area contributed by atoms with E-state index in [-0.39, 0.29) is 6.04 Å². The number of benzene rings is 1. The Morgan fingerprint density at radius 3 is 2.76 bits per heavy atom. The molecule has 0 fully saturated rings. The average molecular weight is 301 g/mol. The van der Waals surface area contributed by atoms with Crippen LogP contribution in [0.15, 0.2) is 35.7 Å². The third-order valence-corrected chi connectivity index (χ3v) is 5.08. The van der Waals surface area contributed by atoms with Gasteiger partial charge in [-0.2, -0.15) is 0 Å². The number of aromatic nitrogens is 2. The quantitative estimate of drug-likeness (QED) is 0.883. The summed E-state index contributed by atoms with van der Waals surface area (Å²) >= 11 is 1.68. The molecule has 1 aliphatic rings. The fraction of sp³-hybridized carbons (Fsp3) is 0.375. The molecular formula is C16H19N3OS. The van der Waals surface area contributed by atoms with Crippen molar-refractivity contribution in [1.82, 2.24) is 9.97 Å². The summed E-state index contributed by atoms with van der Waals surface area (Å²) in [6, 6.07) is 6.17. The van der Waals surface area contributed by atoms with E-state index >= 15 is 0 Å². The lowest BCUT2D eigenvalue weighted by molar-refractivity contribution is 0.413. The minimum absolute atomic E-state index is 0.00885. The predicted octanol–water partition coefficient (Wildman–Crippen LogP) is 2.90. The number of rotatable bonds is 3. The van der Waals surface area contributed by atoms with E-state index in [4.69, 9.17) is 10.5 Å². The van der Waals surface area contributed by atoms with Gasteiger partial charge < -0.3 is 10.5 Å². The first kappa shape index (κ1) is 14.4. The highest BCUT2D eigenvalue weighted by Crippen LogP contribution is 2.38. The van der Waals surface area contributed by atoms with Gasteiger partial charge in [-0.05, 0) is 48.6 Å². The first-order valence-electron chi connectivity index (χ1n) is 7.05. The van der Waals surface area contributed by atoms with Crippen LogP contribution < -0.4 is 10.5 Å². The zero-order chi connectivity index (χ0) is 14.8. The Morgan fingerprint density at radius 1 is 1.29 bits per heavy atom. The van der Waals surface area contributed by atoms with Crippen LogP contribution in [0.25, 0.3) is 0 Å². The van der Waals surface area contributed by atoms with Crippen molar-refractivity contribution in [1.29, 1.82) is 0 Å². The molecule has 0 radical (unpaired) electrons. The van der Waals surface area contributed by atoms with Crippen LogP contribution in [0.5, 0.6) is 5.75 Å². The molecule has 1 aromatic carbocycles. The van der Waals surface area contributed by atoms with E-state index in [0.29, 0.717) is 5.25 Å². The molecule has 0 aliphatic heterocycles. The van der Waals surface area contributed by atoms with E-state index in [0.717, 1.165) is 29.3 Å². The largest absolute Gasteiger partial charge is 0.497 e. The highest BCUT2D eigenvalue weighted by atomic mass is 32.2. The monoisotopic (exact) mass is 301 g/mol. The van der Waals surface area contributed by atoms with Crippen molar-refractivity contribution in [2.45, 2.75) is 36.2 Å². The first-order valence-corrected chi connectivity index (χ1v) is 7.93. The molecule has 0 amide bonds. The highest BCUT2D eigenvalue weighted by Gasteiger charge is 2.28. The molecule has 4 nitrogen and oxygen atoms in total. The molecule has 2 aromatic rings. The lowest BCUT2D eigenvalue weighted by Crippen LogP contribution is -2.29. The summed E-state index contributed by atoms with van der Waals surface area (Å²) in [5.41, 5.74) is 10.0. The summed E-state index contributed by atoms with van der Waals surface area (Å²) in [4.78, 5) is 8.73. The van der Waals surface area contributed by atoms with Gasteiger partial charge in [-0.15, -0.1) is 0 Å². The van der Waals surface area contributed by atoms with Gasteiger partial charge in [-0.3, -0.25) is 0 Å². The average Bonchev–Trinajstić information content (AvgIpc) is 2.52. The number of nitrogens with zero attached hydrogens (tertiary/aromatic N) is 2. The van der Waals surface area contributed by atoms with Gasteiger partial charge in [0.05, 0.1) is 7.11 Å². The highest BCUT2D eigenvalue weighted by molar-refractivity contribution is 7.99. The van der Waals surface area contributed by atoms with Crippen molar-refractivity contribution in [3.05, 3.63) is 47.3 Å². The van der Waals surface area contributed by atoms with Gasteiger partial charge in [0, 0.05) is 23.7 Å². The summed E-state index contributed by atoms with van der Waals surface area (Å²) in [5.74, 6) is 0.897. The molecule has 2 N–H and O–H groups in total. The van der Waals surface area contributed by atoms with Gasteiger partial charge in [-0.25, -0.2) is 9.97 Å². The van der Waals surface area contributed by atoms with Gasteiger partial charge in [0.25, 0.3) is 0 Å². The molecule has 0 bridgehead atoms. The van der Waals surface area contributed by atoms with E-state index < -0.39 is 0 Å². The second-order valence-electron chi connectivity index (χ2n) is 5.33. The molecule has 0 spiro atoms. The normalized spacial score (nSPS) is 20.9. The second-order valence-corrected chi connectivity index (χ2v) is 6.53. The Hall–Kier alpha value is -1.59. The fourth-order valence-electron chi connectivity index (χ4n) is 2.64. The smallest absolute Gasteiger partial charge is 0.187 e. The SMILES string of the molecule is COc1ccc2c(c1)CCC(Sc1ncc(C)cn1)C2N. The Balaban J connectivity index is 1.78. The molecule has 3 rings (SSSR count). The topological polar surface area (TPSA) is 61.0 Å². The van der Waals surface area contributed by atoms with Gasteiger partial charge in [0.1, 0.15) is 5.75 Å². The minimum atomic E-state index is 0.00885. The zero-order valence-electron chi connectivity index (χ0n) is 12.2. The number of thioether (sulfide) groups is 1.